The predicted octanol–water partition coefficient (Wildman–Crippen LogP) is 5.87. The third-order valence-electron chi connectivity index (χ3n) is 4.58. The molecule has 1 aromatic heterocycles. The molecule has 9 heteroatoms. The first-order valence-corrected chi connectivity index (χ1v) is 10.1. The average Bonchev–Trinajstić information content (AvgIpc) is 2.74. The van der Waals surface area contributed by atoms with Crippen molar-refractivity contribution in [1.82, 2.24) is 4.57 Å². The number of aromatic carboxylic acids is 1. The number of carbonyl (C=O) groups is 1. The summed E-state index contributed by atoms with van der Waals surface area (Å²) in [5, 5.41) is 9.20. The molecule has 0 fully saturated rings. The zero-order chi connectivity index (χ0) is 23.3. The summed E-state index contributed by atoms with van der Waals surface area (Å²) in [5.41, 5.74) is 1.51. The van der Waals surface area contributed by atoms with Gasteiger partial charge in [0.25, 0.3) is 5.56 Å². The van der Waals surface area contributed by atoms with Gasteiger partial charge >= 0.3 is 12.6 Å². The van der Waals surface area contributed by atoms with Crippen molar-refractivity contribution in [3.8, 4) is 5.75 Å². The SMILES string of the molecule is O=C(O)c1ccc(CCn2c(C=Cc3cccc(OC(F)F)c3)c(Cl)cc(Cl)c2=O)cc1. The maximum atomic E-state index is 12.7. The molecule has 0 radical (unpaired) electrons. The summed E-state index contributed by atoms with van der Waals surface area (Å²) >= 11 is 12.3. The Balaban J connectivity index is 1.88. The van der Waals surface area contributed by atoms with Crippen molar-refractivity contribution >= 4 is 41.3 Å². The van der Waals surface area contributed by atoms with E-state index >= 15 is 0 Å². The lowest BCUT2D eigenvalue weighted by Gasteiger charge is -2.13. The molecule has 3 aromatic rings. The summed E-state index contributed by atoms with van der Waals surface area (Å²) in [5.74, 6) is -1.02. The largest absolute Gasteiger partial charge is 0.478 e. The molecule has 0 bridgehead atoms. The van der Waals surface area contributed by atoms with Gasteiger partial charge in [0.2, 0.25) is 0 Å². The van der Waals surface area contributed by atoms with Crippen LogP contribution in [0.5, 0.6) is 5.75 Å². The molecule has 0 aliphatic carbocycles. The third kappa shape index (κ3) is 5.96. The molecular formula is C23H17Cl2F2NO4. The van der Waals surface area contributed by atoms with Crippen molar-refractivity contribution in [2.45, 2.75) is 19.6 Å². The monoisotopic (exact) mass is 479 g/mol. The van der Waals surface area contributed by atoms with Crippen LogP contribution in [0.2, 0.25) is 10.0 Å². The molecule has 0 atom stereocenters. The van der Waals surface area contributed by atoms with E-state index in [0.29, 0.717) is 17.7 Å². The minimum atomic E-state index is -2.94. The molecule has 3 rings (SSSR count). The van der Waals surface area contributed by atoms with E-state index in [0.717, 1.165) is 5.56 Å². The summed E-state index contributed by atoms with van der Waals surface area (Å²) in [7, 11) is 0. The number of aromatic nitrogens is 1. The predicted molar refractivity (Wildman–Crippen MR) is 120 cm³/mol. The molecule has 0 unspecified atom stereocenters. The van der Waals surface area contributed by atoms with E-state index in [1.165, 1.54) is 34.9 Å². The number of rotatable bonds is 8. The zero-order valence-corrected chi connectivity index (χ0v) is 18.0. The Bertz CT molecular complexity index is 1210. The quantitative estimate of drug-likeness (QED) is 0.438. The van der Waals surface area contributed by atoms with Gasteiger partial charge in [-0.2, -0.15) is 8.78 Å². The van der Waals surface area contributed by atoms with Crippen LogP contribution < -0.4 is 10.3 Å². The molecule has 0 saturated heterocycles. The lowest BCUT2D eigenvalue weighted by atomic mass is 10.1. The second-order valence-corrected chi connectivity index (χ2v) is 7.53. The Morgan fingerprint density at radius 2 is 1.78 bits per heavy atom. The summed E-state index contributed by atoms with van der Waals surface area (Å²) < 4.78 is 30.7. The molecule has 32 heavy (non-hydrogen) atoms. The molecule has 2 aromatic carbocycles. The maximum absolute atomic E-state index is 12.7. The highest BCUT2D eigenvalue weighted by molar-refractivity contribution is 6.35. The van der Waals surface area contributed by atoms with Gasteiger partial charge in [-0.3, -0.25) is 4.79 Å². The molecule has 1 N–H and O–H groups in total. The summed E-state index contributed by atoms with van der Waals surface area (Å²) in [6.45, 7) is -2.70. The molecule has 0 aliphatic rings. The van der Waals surface area contributed by atoms with Crippen LogP contribution in [0.15, 0.2) is 59.4 Å². The fraction of sp³-hybridized carbons (Fsp3) is 0.130. The van der Waals surface area contributed by atoms with E-state index in [4.69, 9.17) is 28.3 Å². The number of alkyl halides is 2. The van der Waals surface area contributed by atoms with E-state index in [9.17, 15) is 18.4 Å². The number of nitrogens with zero attached hydrogens (tertiary/aromatic N) is 1. The first kappa shape index (κ1) is 23.5. The van der Waals surface area contributed by atoms with Crippen molar-refractivity contribution in [2.24, 2.45) is 0 Å². The van der Waals surface area contributed by atoms with E-state index in [2.05, 4.69) is 4.74 Å². The number of hydrogen-bond acceptors (Lipinski definition) is 3. The Morgan fingerprint density at radius 1 is 1.06 bits per heavy atom. The van der Waals surface area contributed by atoms with Crippen molar-refractivity contribution in [2.75, 3.05) is 0 Å². The van der Waals surface area contributed by atoms with Gasteiger partial charge in [0.15, 0.2) is 0 Å². The second-order valence-electron chi connectivity index (χ2n) is 6.72. The van der Waals surface area contributed by atoms with Crippen LogP contribution in [0.25, 0.3) is 12.2 Å². The van der Waals surface area contributed by atoms with Gasteiger partial charge in [0.1, 0.15) is 10.8 Å². The lowest BCUT2D eigenvalue weighted by Crippen LogP contribution is -2.24. The molecule has 1 heterocycles. The Hall–Kier alpha value is -3.16. The number of carboxylic acids is 1. The van der Waals surface area contributed by atoms with Crippen molar-refractivity contribution in [3.05, 3.63) is 97.4 Å². The topological polar surface area (TPSA) is 68.5 Å². The summed E-state index contributed by atoms with van der Waals surface area (Å²) in [6, 6.07) is 13.7. The van der Waals surface area contributed by atoms with Gasteiger partial charge in [0.05, 0.1) is 16.3 Å². The molecule has 0 saturated carbocycles. The minimum absolute atomic E-state index is 0.00607. The fourth-order valence-corrected chi connectivity index (χ4v) is 3.57. The first-order chi connectivity index (χ1) is 15.2. The second kappa shape index (κ2) is 10.4. The Morgan fingerprint density at radius 3 is 2.44 bits per heavy atom. The van der Waals surface area contributed by atoms with Crippen LogP contribution in [0.1, 0.15) is 27.2 Å². The summed E-state index contributed by atoms with van der Waals surface area (Å²) in [6.07, 6.45) is 3.63. The highest BCUT2D eigenvalue weighted by Gasteiger charge is 2.12. The average molecular weight is 480 g/mol. The van der Waals surface area contributed by atoms with Gasteiger partial charge in [-0.05, 0) is 54.0 Å². The van der Waals surface area contributed by atoms with Crippen LogP contribution in [0.4, 0.5) is 8.78 Å². The Labute approximate surface area is 192 Å². The zero-order valence-electron chi connectivity index (χ0n) is 16.5. The standard InChI is InChI=1S/C23H17Cl2F2NO4/c24-18-13-19(25)21(29)28(11-10-14-4-7-16(8-5-14)22(30)31)20(18)9-6-15-2-1-3-17(12-15)32-23(26)27/h1-9,12-13,23H,10-11H2,(H,30,31). The van der Waals surface area contributed by atoms with Gasteiger partial charge < -0.3 is 14.4 Å². The van der Waals surface area contributed by atoms with Gasteiger partial charge in [-0.25, -0.2) is 4.79 Å². The van der Waals surface area contributed by atoms with Crippen LogP contribution in [-0.2, 0) is 13.0 Å². The molecule has 0 aliphatic heterocycles. The molecule has 0 amide bonds. The Kier molecular flexibility index (Phi) is 7.66. The van der Waals surface area contributed by atoms with Crippen molar-refractivity contribution in [3.63, 3.8) is 0 Å². The normalized spacial score (nSPS) is 11.3. The van der Waals surface area contributed by atoms with E-state index in [-0.39, 0.29) is 27.9 Å². The highest BCUT2D eigenvalue weighted by Crippen LogP contribution is 2.23. The molecule has 5 nitrogen and oxygen atoms in total. The van der Waals surface area contributed by atoms with Gasteiger partial charge in [0, 0.05) is 6.54 Å². The minimum Gasteiger partial charge on any atom is -0.478 e. The number of ether oxygens (including phenoxy) is 1. The fourth-order valence-electron chi connectivity index (χ4n) is 3.03. The van der Waals surface area contributed by atoms with E-state index < -0.39 is 18.1 Å². The van der Waals surface area contributed by atoms with Crippen molar-refractivity contribution < 1.29 is 23.4 Å². The van der Waals surface area contributed by atoms with Crippen molar-refractivity contribution in [1.29, 1.82) is 0 Å². The van der Waals surface area contributed by atoms with E-state index in [1.807, 2.05) is 0 Å². The smallest absolute Gasteiger partial charge is 0.387 e. The lowest BCUT2D eigenvalue weighted by molar-refractivity contribution is -0.0498. The number of hydrogen-bond donors (Lipinski definition) is 1. The summed E-state index contributed by atoms with van der Waals surface area (Å²) in [4.78, 5) is 23.6. The third-order valence-corrected chi connectivity index (χ3v) is 5.15. The number of pyridine rings is 1. The molecular weight excluding hydrogens is 463 g/mol. The van der Waals surface area contributed by atoms with Gasteiger partial charge in [-0.15, -0.1) is 0 Å². The first-order valence-electron chi connectivity index (χ1n) is 9.38. The maximum Gasteiger partial charge on any atom is 0.387 e. The number of carboxylic acid groups (broad SMARTS) is 1. The van der Waals surface area contributed by atoms with E-state index in [1.54, 1.807) is 36.4 Å². The highest BCUT2D eigenvalue weighted by atomic mass is 35.5. The molecule has 166 valence electrons. The number of halogens is 4. The van der Waals surface area contributed by atoms with Crippen LogP contribution in [0.3, 0.4) is 0 Å². The van der Waals surface area contributed by atoms with Gasteiger partial charge in [-0.1, -0.05) is 53.5 Å². The van der Waals surface area contributed by atoms with Crippen LogP contribution in [-0.4, -0.2) is 22.3 Å². The number of aryl methyl sites for hydroxylation is 1. The van der Waals surface area contributed by atoms with Crippen LogP contribution >= 0.6 is 23.2 Å². The van der Waals surface area contributed by atoms with Crippen LogP contribution in [0, 0.1) is 0 Å². The molecule has 0 spiro atoms. The number of benzene rings is 2.